The van der Waals surface area contributed by atoms with Gasteiger partial charge in [0.15, 0.2) is 11.6 Å². The fourth-order valence-electron chi connectivity index (χ4n) is 4.80. The number of hydrogen-bond acceptors (Lipinski definition) is 0. The van der Waals surface area contributed by atoms with Crippen molar-refractivity contribution in [2.75, 3.05) is 0 Å². The van der Waals surface area contributed by atoms with Gasteiger partial charge in [-0.3, -0.25) is 0 Å². The highest BCUT2D eigenvalue weighted by atomic mass is 19.2. The Balaban J connectivity index is 1.33. The Morgan fingerprint density at radius 2 is 1.11 bits per heavy atom. The maximum Gasteiger partial charge on any atom is 0.159 e. The van der Waals surface area contributed by atoms with Gasteiger partial charge in [-0.2, -0.15) is 0 Å². The van der Waals surface area contributed by atoms with Crippen LogP contribution in [0, 0.1) is 17.5 Å². The van der Waals surface area contributed by atoms with Crippen LogP contribution in [0.3, 0.4) is 0 Å². The summed E-state index contributed by atoms with van der Waals surface area (Å²) in [7, 11) is 0. The van der Waals surface area contributed by atoms with E-state index in [1.54, 1.807) is 6.07 Å². The predicted molar refractivity (Wildman–Crippen MR) is 144 cm³/mol. The van der Waals surface area contributed by atoms with E-state index in [0.717, 1.165) is 30.7 Å². The van der Waals surface area contributed by atoms with Crippen LogP contribution >= 0.6 is 0 Å². The van der Waals surface area contributed by atoms with Crippen molar-refractivity contribution in [1.82, 2.24) is 0 Å². The molecule has 0 saturated heterocycles. The second-order valence-electron chi connectivity index (χ2n) is 9.82. The van der Waals surface area contributed by atoms with Crippen LogP contribution < -0.4 is 0 Å². The second-order valence-corrected chi connectivity index (χ2v) is 9.82. The number of benzene rings is 4. The van der Waals surface area contributed by atoms with Gasteiger partial charge in [-0.05, 0) is 83.9 Å². The molecule has 0 amide bonds. The standard InChI is InChI=1S/C33H35F3/c1-2-3-4-5-6-7-24-8-10-25(11-9-24)12-13-26-15-20-30-29(22-26)19-18-28(33(30)36)17-14-27-16-21-31(34)32(35)23-27/h8-11,15-16,18-23H,2-7,12-14,17H2,1H3. The molecular weight excluding hydrogens is 453 g/mol. The van der Waals surface area contributed by atoms with Gasteiger partial charge < -0.3 is 0 Å². The van der Waals surface area contributed by atoms with Crippen LogP contribution in [0.15, 0.2) is 72.8 Å². The normalized spacial score (nSPS) is 11.3. The summed E-state index contributed by atoms with van der Waals surface area (Å²) in [4.78, 5) is 0. The molecule has 0 aliphatic rings. The lowest BCUT2D eigenvalue weighted by Crippen LogP contribution is -1.98. The van der Waals surface area contributed by atoms with Crippen LogP contribution in [0.4, 0.5) is 13.2 Å². The Morgan fingerprint density at radius 3 is 1.86 bits per heavy atom. The largest absolute Gasteiger partial charge is 0.206 e. The molecule has 0 radical (unpaired) electrons. The summed E-state index contributed by atoms with van der Waals surface area (Å²) in [5, 5.41) is 1.49. The Kier molecular flexibility index (Phi) is 9.22. The lowest BCUT2D eigenvalue weighted by atomic mass is 9.97. The monoisotopic (exact) mass is 488 g/mol. The average Bonchev–Trinajstić information content (AvgIpc) is 2.89. The van der Waals surface area contributed by atoms with Gasteiger partial charge in [0.2, 0.25) is 0 Å². The maximum atomic E-state index is 15.2. The first-order chi connectivity index (χ1) is 17.5. The van der Waals surface area contributed by atoms with Gasteiger partial charge in [-0.15, -0.1) is 0 Å². The SMILES string of the molecule is CCCCCCCc1ccc(CCc2ccc3c(F)c(CCc4ccc(F)c(F)c4)ccc3c2)cc1. The van der Waals surface area contributed by atoms with E-state index in [9.17, 15) is 8.78 Å². The van der Waals surface area contributed by atoms with E-state index in [2.05, 4.69) is 37.3 Å². The Hall–Kier alpha value is -3.07. The predicted octanol–water partition coefficient (Wildman–Crippen LogP) is 9.34. The molecular formula is C33H35F3. The molecule has 4 aromatic rings. The van der Waals surface area contributed by atoms with Crippen molar-refractivity contribution in [2.45, 2.75) is 71.1 Å². The zero-order valence-electron chi connectivity index (χ0n) is 21.1. The van der Waals surface area contributed by atoms with Crippen LogP contribution in [0.2, 0.25) is 0 Å². The third-order valence-electron chi connectivity index (χ3n) is 7.06. The molecule has 4 rings (SSSR count). The number of aryl methyl sites for hydroxylation is 5. The quantitative estimate of drug-likeness (QED) is 0.174. The van der Waals surface area contributed by atoms with Crippen LogP contribution in [-0.2, 0) is 32.1 Å². The first-order valence-electron chi connectivity index (χ1n) is 13.2. The molecule has 0 heterocycles. The van der Waals surface area contributed by atoms with Gasteiger partial charge in [0.1, 0.15) is 5.82 Å². The van der Waals surface area contributed by atoms with E-state index in [4.69, 9.17) is 0 Å². The molecule has 0 unspecified atom stereocenters. The first-order valence-corrected chi connectivity index (χ1v) is 13.2. The fourth-order valence-corrected chi connectivity index (χ4v) is 4.80. The molecule has 0 nitrogen and oxygen atoms in total. The topological polar surface area (TPSA) is 0 Å². The van der Waals surface area contributed by atoms with Crippen molar-refractivity contribution in [3.8, 4) is 0 Å². The van der Waals surface area contributed by atoms with Gasteiger partial charge in [0.25, 0.3) is 0 Å². The average molecular weight is 489 g/mol. The molecule has 188 valence electrons. The summed E-state index contributed by atoms with van der Waals surface area (Å²) in [6, 6.07) is 22.5. The van der Waals surface area contributed by atoms with Gasteiger partial charge in [-0.1, -0.05) is 93.3 Å². The molecule has 0 fully saturated rings. The van der Waals surface area contributed by atoms with Gasteiger partial charge >= 0.3 is 0 Å². The molecule has 0 saturated carbocycles. The summed E-state index contributed by atoms with van der Waals surface area (Å²) in [6.07, 6.45) is 10.4. The molecule has 0 spiro atoms. The third kappa shape index (κ3) is 7.00. The highest BCUT2D eigenvalue weighted by Crippen LogP contribution is 2.25. The molecule has 4 aromatic carbocycles. The Labute approximate surface area is 213 Å². The van der Waals surface area contributed by atoms with Crippen LogP contribution in [0.5, 0.6) is 0 Å². The number of rotatable bonds is 12. The minimum absolute atomic E-state index is 0.230. The van der Waals surface area contributed by atoms with Crippen LogP contribution in [0.25, 0.3) is 10.8 Å². The third-order valence-corrected chi connectivity index (χ3v) is 7.06. The lowest BCUT2D eigenvalue weighted by molar-refractivity contribution is 0.507. The number of hydrogen-bond donors (Lipinski definition) is 0. The Bertz CT molecular complexity index is 1270. The number of unbranched alkanes of at least 4 members (excludes halogenated alkanes) is 4. The zero-order chi connectivity index (χ0) is 25.3. The molecule has 0 atom stereocenters. The van der Waals surface area contributed by atoms with Crippen molar-refractivity contribution in [1.29, 1.82) is 0 Å². The molecule has 0 bridgehead atoms. The lowest BCUT2D eigenvalue weighted by Gasteiger charge is -2.10. The van der Waals surface area contributed by atoms with Crippen molar-refractivity contribution >= 4 is 10.8 Å². The summed E-state index contributed by atoms with van der Waals surface area (Å²) in [5.41, 5.74) is 5.17. The van der Waals surface area contributed by atoms with Crippen molar-refractivity contribution in [3.05, 3.63) is 118 Å². The molecule has 3 heteroatoms. The van der Waals surface area contributed by atoms with E-state index in [1.807, 2.05) is 24.3 Å². The van der Waals surface area contributed by atoms with E-state index >= 15 is 4.39 Å². The fraction of sp³-hybridized carbons (Fsp3) is 0.333. The molecule has 0 aliphatic carbocycles. The summed E-state index contributed by atoms with van der Waals surface area (Å²) in [5.74, 6) is -1.96. The van der Waals surface area contributed by atoms with Gasteiger partial charge in [-0.25, -0.2) is 13.2 Å². The number of fused-ring (bicyclic) bond motifs is 1. The summed E-state index contributed by atoms with van der Waals surface area (Å²) < 4.78 is 41.7. The highest BCUT2D eigenvalue weighted by Gasteiger charge is 2.10. The minimum Gasteiger partial charge on any atom is -0.206 e. The minimum atomic E-state index is -0.868. The van der Waals surface area contributed by atoms with Crippen molar-refractivity contribution < 1.29 is 13.2 Å². The van der Waals surface area contributed by atoms with Gasteiger partial charge in [0.05, 0.1) is 0 Å². The smallest absolute Gasteiger partial charge is 0.159 e. The van der Waals surface area contributed by atoms with Crippen molar-refractivity contribution in [2.24, 2.45) is 0 Å². The first kappa shape index (κ1) is 26.0. The highest BCUT2D eigenvalue weighted by molar-refractivity contribution is 5.84. The summed E-state index contributed by atoms with van der Waals surface area (Å²) >= 11 is 0. The second kappa shape index (κ2) is 12.8. The van der Waals surface area contributed by atoms with Crippen LogP contribution in [0.1, 0.15) is 66.8 Å². The van der Waals surface area contributed by atoms with E-state index in [-0.39, 0.29) is 5.82 Å². The molecule has 36 heavy (non-hydrogen) atoms. The molecule has 0 aliphatic heterocycles. The maximum absolute atomic E-state index is 15.2. The number of halogens is 3. The summed E-state index contributed by atoms with van der Waals surface area (Å²) in [6.45, 7) is 2.25. The van der Waals surface area contributed by atoms with Crippen LogP contribution in [-0.4, -0.2) is 0 Å². The molecule has 0 N–H and O–H groups in total. The van der Waals surface area contributed by atoms with Gasteiger partial charge in [0, 0.05) is 5.39 Å². The van der Waals surface area contributed by atoms with E-state index in [0.29, 0.717) is 29.4 Å². The van der Waals surface area contributed by atoms with E-state index in [1.165, 1.54) is 54.9 Å². The zero-order valence-corrected chi connectivity index (χ0v) is 21.1. The Morgan fingerprint density at radius 1 is 0.500 bits per heavy atom. The van der Waals surface area contributed by atoms with Crippen molar-refractivity contribution in [3.63, 3.8) is 0 Å². The molecule has 0 aromatic heterocycles. The van der Waals surface area contributed by atoms with E-state index < -0.39 is 11.6 Å².